The normalized spacial score (nSPS) is 46.7. The average molecular weight is 1160 g/mol. The molecule has 6 heterocycles. The van der Waals surface area contributed by atoms with Crippen LogP contribution in [0.3, 0.4) is 0 Å². The number of carbonyl (C=O) groups is 4. The van der Waals surface area contributed by atoms with Gasteiger partial charge in [0.25, 0.3) is 0 Å². The summed E-state index contributed by atoms with van der Waals surface area (Å²) >= 11 is 0. The van der Waals surface area contributed by atoms with Crippen molar-refractivity contribution in [2.24, 2.45) is 0 Å². The number of aliphatic hydroxyl groups excluding tert-OH is 16. The number of ether oxygens (including phenoxy) is 11. The average Bonchev–Trinajstić information content (AvgIpc) is 3.50. The molecule has 30 atom stereocenters. The smallest absolute Gasteiger partial charge is 0.217 e. The molecule has 20 N–H and O–H groups in total. The van der Waals surface area contributed by atoms with Crippen LogP contribution in [0, 0.1) is 0 Å². The Bertz CT molecular complexity index is 1990. The van der Waals surface area contributed by atoms with Crippen molar-refractivity contribution in [2.45, 2.75) is 212 Å². The summed E-state index contributed by atoms with van der Waals surface area (Å²) in [5.41, 5.74) is 0. The SMILES string of the molecule is CC(=O)N[C@@H]1[C@@H](O[C@@H]2O[C@H](CO)[C@@H](O[C@@H]3O[C@H](CO)[C@H](O)[C@H](O[C@@H]4O[C@H](CO)[C@@H](O[C@@H]5O[C@H](CO)[C@H](O)[C@H](O[C@@H]6O[C@H](CO)[C@@H](O)[C@H](O)[C@H]6NC(C)=O)[C@H]5O)[C@H](O)[C@H]4NC(C)=O)[C@H]3O)[C@H](O)[C@H]2NC(C)=O)[C@@H](O)[C@@H](CO)O[C@H]1O. The van der Waals surface area contributed by atoms with Crippen LogP contribution in [0.2, 0.25) is 0 Å². The molecule has 35 nitrogen and oxygen atoms in total. The number of aliphatic hydroxyl groups is 16. The molecule has 6 aliphatic heterocycles. The first-order valence-electron chi connectivity index (χ1n) is 25.1. The minimum Gasteiger partial charge on any atom is -0.394 e. The predicted octanol–water partition coefficient (Wildman–Crippen LogP) is -13.5. The Morgan fingerprint density at radius 3 is 0.924 bits per heavy atom. The second-order valence-electron chi connectivity index (χ2n) is 19.7. The van der Waals surface area contributed by atoms with Gasteiger partial charge in [0.15, 0.2) is 37.7 Å². The van der Waals surface area contributed by atoms with Crippen LogP contribution >= 0.6 is 0 Å². The summed E-state index contributed by atoms with van der Waals surface area (Å²) in [5, 5.41) is 184. The number of hydrogen-bond donors (Lipinski definition) is 20. The van der Waals surface area contributed by atoms with Gasteiger partial charge in [-0.05, 0) is 0 Å². The van der Waals surface area contributed by atoms with E-state index in [4.69, 9.17) is 52.1 Å². The summed E-state index contributed by atoms with van der Waals surface area (Å²) in [6.07, 6.45) is -48.8. The van der Waals surface area contributed by atoms with Gasteiger partial charge in [0.2, 0.25) is 23.6 Å². The van der Waals surface area contributed by atoms with Gasteiger partial charge in [-0.3, -0.25) is 19.2 Å². The number of nitrogens with one attached hydrogen (secondary N) is 4. The van der Waals surface area contributed by atoms with E-state index in [1.165, 1.54) is 0 Å². The first-order valence-corrected chi connectivity index (χ1v) is 25.1. The quantitative estimate of drug-likeness (QED) is 0.0538. The number of rotatable bonds is 20. The van der Waals surface area contributed by atoms with Crippen molar-refractivity contribution < 1.29 is 153 Å². The van der Waals surface area contributed by atoms with Gasteiger partial charge in [-0.2, -0.15) is 0 Å². The van der Waals surface area contributed by atoms with E-state index in [0.29, 0.717) is 0 Å². The zero-order valence-corrected chi connectivity index (χ0v) is 42.8. The zero-order valence-electron chi connectivity index (χ0n) is 42.8. The second-order valence-corrected chi connectivity index (χ2v) is 19.7. The van der Waals surface area contributed by atoms with Gasteiger partial charge in [-0.25, -0.2) is 0 Å². The van der Waals surface area contributed by atoms with Gasteiger partial charge in [0.05, 0.1) is 39.6 Å². The van der Waals surface area contributed by atoms with E-state index in [1.807, 2.05) is 0 Å². The molecule has 6 aliphatic rings. The molecule has 0 aliphatic carbocycles. The summed E-state index contributed by atoms with van der Waals surface area (Å²) in [5.74, 6) is -3.17. The van der Waals surface area contributed by atoms with Crippen molar-refractivity contribution in [1.82, 2.24) is 21.3 Å². The zero-order chi connectivity index (χ0) is 58.5. The van der Waals surface area contributed by atoms with Crippen molar-refractivity contribution in [3.63, 3.8) is 0 Å². The number of hydrogen-bond acceptors (Lipinski definition) is 31. The van der Waals surface area contributed by atoms with Gasteiger partial charge in [0.1, 0.15) is 146 Å². The van der Waals surface area contributed by atoms with Gasteiger partial charge >= 0.3 is 0 Å². The Morgan fingerprint density at radius 2 is 0.570 bits per heavy atom. The standard InChI is InChI=1S/C44H74N4O31/c1-11(55)45-21-29(63)25(59)15(5-49)70-40(21)78-37-27(61)17(7-51)71-43(32(37)66)76-35-20(10-54)74-42(23(31(35)65)47-13(3)57)79-38-28(62)18(8-52)72-44(33(38)67)75-34-19(9-53)73-41(22(30(34)64)46-12(2)56)77-36-24(48-14(4)58)39(68)69-16(6-50)26(36)60/h15-44,49-54,59-68H,5-10H2,1-4H3,(H,45,55)(H,46,56)(H,47,57)(H,48,58)/t15-,16-,17-,18-,19-,20-,21-,22-,23-,24-,25-,26+,27+,28+,29-,30-,31-,32-,33-,34-,35-,36-,37+,38+,39-,40+,41+,42+,43+,44+/m1/s1. The van der Waals surface area contributed by atoms with E-state index in [1.54, 1.807) is 0 Å². The lowest BCUT2D eigenvalue weighted by atomic mass is 9.93. The molecule has 6 saturated heterocycles. The minimum atomic E-state index is -2.23. The number of amides is 4. The van der Waals surface area contributed by atoms with Crippen molar-refractivity contribution >= 4 is 23.6 Å². The predicted molar refractivity (Wildman–Crippen MR) is 246 cm³/mol. The topological polar surface area (TPSA) is 542 Å². The molecule has 79 heavy (non-hydrogen) atoms. The lowest BCUT2D eigenvalue weighted by molar-refractivity contribution is -0.384. The fraction of sp³-hybridized carbons (Fsp3) is 0.909. The molecule has 0 aromatic rings. The maximum absolute atomic E-state index is 12.7. The van der Waals surface area contributed by atoms with Crippen molar-refractivity contribution in [3.05, 3.63) is 0 Å². The van der Waals surface area contributed by atoms with Gasteiger partial charge < -0.3 is 155 Å². The van der Waals surface area contributed by atoms with Crippen LogP contribution in [0.15, 0.2) is 0 Å². The van der Waals surface area contributed by atoms with Crippen LogP contribution in [-0.2, 0) is 71.3 Å². The summed E-state index contributed by atoms with van der Waals surface area (Å²) in [7, 11) is 0. The second kappa shape index (κ2) is 28.4. The molecule has 0 aromatic heterocycles. The van der Waals surface area contributed by atoms with E-state index in [9.17, 15) is 101 Å². The summed E-state index contributed by atoms with van der Waals surface area (Å²) in [6.45, 7) is -1.71. The molecule has 0 unspecified atom stereocenters. The Hall–Kier alpha value is -3.20. The molecule has 456 valence electrons. The molecule has 0 aromatic carbocycles. The highest BCUT2D eigenvalue weighted by Crippen LogP contribution is 2.37. The molecule has 35 heteroatoms. The third-order valence-electron chi connectivity index (χ3n) is 14.0. The monoisotopic (exact) mass is 1150 g/mol. The molecular weight excluding hydrogens is 1080 g/mol. The van der Waals surface area contributed by atoms with E-state index in [2.05, 4.69) is 21.3 Å². The fourth-order valence-electron chi connectivity index (χ4n) is 10.1. The Kier molecular flexibility index (Phi) is 23.3. The highest BCUT2D eigenvalue weighted by atomic mass is 16.8. The third-order valence-corrected chi connectivity index (χ3v) is 14.0. The maximum atomic E-state index is 12.7. The number of carbonyl (C=O) groups excluding carboxylic acids is 4. The van der Waals surface area contributed by atoms with Crippen molar-refractivity contribution in [2.75, 3.05) is 39.6 Å². The molecule has 6 fully saturated rings. The van der Waals surface area contributed by atoms with Crippen LogP contribution in [0.5, 0.6) is 0 Å². The Morgan fingerprint density at radius 1 is 0.304 bits per heavy atom. The first-order chi connectivity index (χ1) is 37.3. The molecule has 4 amide bonds. The van der Waals surface area contributed by atoms with Gasteiger partial charge in [-0.15, -0.1) is 0 Å². The Balaban J connectivity index is 1.22. The highest BCUT2D eigenvalue weighted by Gasteiger charge is 2.58. The van der Waals surface area contributed by atoms with Crippen LogP contribution in [0.4, 0.5) is 0 Å². The van der Waals surface area contributed by atoms with Crippen molar-refractivity contribution in [3.8, 4) is 0 Å². The fourth-order valence-corrected chi connectivity index (χ4v) is 10.1. The summed E-state index contributed by atoms with van der Waals surface area (Å²) < 4.78 is 63.6. The first kappa shape index (κ1) is 65.0. The van der Waals surface area contributed by atoms with Crippen LogP contribution in [-0.4, -0.2) is 329 Å². The molecule has 0 spiro atoms. The van der Waals surface area contributed by atoms with Gasteiger partial charge in [0, 0.05) is 27.7 Å². The summed E-state index contributed by atoms with van der Waals surface area (Å²) in [4.78, 5) is 49.4. The van der Waals surface area contributed by atoms with E-state index >= 15 is 0 Å². The summed E-state index contributed by atoms with van der Waals surface area (Å²) in [6, 6.07) is -6.66. The highest BCUT2D eigenvalue weighted by molar-refractivity contribution is 5.74. The molecular formula is C44H74N4O31. The lowest BCUT2D eigenvalue weighted by Gasteiger charge is -2.51. The third kappa shape index (κ3) is 14.6. The van der Waals surface area contributed by atoms with E-state index in [-0.39, 0.29) is 0 Å². The minimum absolute atomic E-state index is 0.729. The van der Waals surface area contributed by atoms with Crippen LogP contribution in [0.1, 0.15) is 27.7 Å². The lowest BCUT2D eigenvalue weighted by Crippen LogP contribution is -2.71. The Labute approximate surface area is 448 Å². The largest absolute Gasteiger partial charge is 0.394 e. The van der Waals surface area contributed by atoms with E-state index < -0.39 is 247 Å². The van der Waals surface area contributed by atoms with Crippen molar-refractivity contribution in [1.29, 1.82) is 0 Å². The molecule has 0 saturated carbocycles. The molecule has 6 rings (SSSR count). The van der Waals surface area contributed by atoms with Gasteiger partial charge in [-0.1, -0.05) is 0 Å². The molecule has 0 bridgehead atoms. The van der Waals surface area contributed by atoms with E-state index in [0.717, 1.165) is 27.7 Å². The molecule has 0 radical (unpaired) electrons. The van der Waals surface area contributed by atoms with Crippen LogP contribution in [0.25, 0.3) is 0 Å². The van der Waals surface area contributed by atoms with Crippen LogP contribution < -0.4 is 21.3 Å². The maximum Gasteiger partial charge on any atom is 0.217 e.